The number of rotatable bonds is 4. The standard InChI is InChI=1S/C29H23BrN2O3S/c1-34-23-15-17(14-22(30)27(23)35-2)16-24-28(33)32-26(19-9-4-3-5-10-19)21-13-12-18-8-6-7-11-20(18)25(21)31-29(32)36-24/h3-11,14-16,26H,12-13H2,1-2H3/b24-16+/t26-/m1/s1. The molecule has 2 heterocycles. The third-order valence-electron chi connectivity index (χ3n) is 6.74. The van der Waals surface area contributed by atoms with Crippen LogP contribution in [0.2, 0.25) is 0 Å². The van der Waals surface area contributed by atoms with Gasteiger partial charge in [0.25, 0.3) is 5.56 Å². The zero-order chi connectivity index (χ0) is 24.8. The van der Waals surface area contributed by atoms with Crippen LogP contribution in [0.4, 0.5) is 0 Å². The van der Waals surface area contributed by atoms with Crippen molar-refractivity contribution in [3.05, 3.63) is 119 Å². The predicted octanol–water partition coefficient (Wildman–Crippen LogP) is 5.10. The zero-order valence-electron chi connectivity index (χ0n) is 19.8. The Morgan fingerprint density at radius 1 is 1.03 bits per heavy atom. The van der Waals surface area contributed by atoms with Crippen LogP contribution in [0.5, 0.6) is 11.5 Å². The highest BCUT2D eigenvalue weighted by molar-refractivity contribution is 9.10. The Labute approximate surface area is 220 Å². The summed E-state index contributed by atoms with van der Waals surface area (Å²) in [5.74, 6) is 1.21. The van der Waals surface area contributed by atoms with Crippen LogP contribution in [0.1, 0.15) is 34.7 Å². The Morgan fingerprint density at radius 3 is 2.58 bits per heavy atom. The monoisotopic (exact) mass is 558 g/mol. The number of thiazole rings is 1. The lowest BCUT2D eigenvalue weighted by molar-refractivity contribution is 0.353. The van der Waals surface area contributed by atoms with Gasteiger partial charge in [-0.3, -0.25) is 9.36 Å². The summed E-state index contributed by atoms with van der Waals surface area (Å²) in [5.41, 5.74) is 6.59. The van der Waals surface area contributed by atoms with Gasteiger partial charge in [-0.1, -0.05) is 65.9 Å². The van der Waals surface area contributed by atoms with Crippen LogP contribution in [0, 0.1) is 0 Å². The van der Waals surface area contributed by atoms with E-state index in [9.17, 15) is 4.79 Å². The van der Waals surface area contributed by atoms with E-state index in [1.54, 1.807) is 14.2 Å². The smallest absolute Gasteiger partial charge is 0.271 e. The van der Waals surface area contributed by atoms with Gasteiger partial charge in [0.05, 0.1) is 35.0 Å². The second-order valence-electron chi connectivity index (χ2n) is 8.76. The van der Waals surface area contributed by atoms with Gasteiger partial charge in [-0.25, -0.2) is 4.99 Å². The molecule has 0 fully saturated rings. The first-order valence-corrected chi connectivity index (χ1v) is 13.3. The summed E-state index contributed by atoms with van der Waals surface area (Å²) in [6.45, 7) is 0. The molecule has 4 aromatic rings. The minimum Gasteiger partial charge on any atom is -0.493 e. The molecule has 0 radical (unpaired) electrons. The molecule has 180 valence electrons. The van der Waals surface area contributed by atoms with Crippen molar-refractivity contribution < 1.29 is 9.47 Å². The van der Waals surface area contributed by atoms with E-state index in [0.29, 0.717) is 16.0 Å². The van der Waals surface area contributed by atoms with Gasteiger partial charge in [0.2, 0.25) is 0 Å². The number of allylic oxidation sites excluding steroid dienone is 1. The van der Waals surface area contributed by atoms with Crippen molar-refractivity contribution in [1.29, 1.82) is 0 Å². The summed E-state index contributed by atoms with van der Waals surface area (Å²) in [6, 6.07) is 22.4. The van der Waals surface area contributed by atoms with Crippen LogP contribution in [-0.4, -0.2) is 18.8 Å². The zero-order valence-corrected chi connectivity index (χ0v) is 22.2. The SMILES string of the molecule is COc1cc(/C=c2/sc3n(c2=O)[C@H](c2ccccc2)C2=C(N=3)c3ccccc3CC2)cc(Br)c1OC. The molecule has 0 unspecified atom stereocenters. The molecule has 1 aliphatic carbocycles. The van der Waals surface area contributed by atoms with E-state index >= 15 is 0 Å². The highest BCUT2D eigenvalue weighted by Gasteiger charge is 2.32. The van der Waals surface area contributed by atoms with Gasteiger partial charge >= 0.3 is 0 Å². The Hall–Kier alpha value is -3.42. The van der Waals surface area contributed by atoms with E-state index in [1.165, 1.54) is 28.0 Å². The lowest BCUT2D eigenvalue weighted by atomic mass is 9.83. The van der Waals surface area contributed by atoms with E-state index in [1.807, 2.05) is 41.0 Å². The van der Waals surface area contributed by atoms with Crippen molar-refractivity contribution in [2.24, 2.45) is 4.99 Å². The minimum absolute atomic E-state index is 0.0380. The Bertz CT molecular complexity index is 1700. The van der Waals surface area contributed by atoms with Crippen LogP contribution < -0.4 is 24.4 Å². The molecule has 5 nitrogen and oxygen atoms in total. The van der Waals surface area contributed by atoms with Gasteiger partial charge in [0.1, 0.15) is 0 Å². The number of nitrogens with zero attached hydrogens (tertiary/aromatic N) is 2. The molecule has 0 amide bonds. The van der Waals surface area contributed by atoms with Gasteiger partial charge in [-0.2, -0.15) is 0 Å². The van der Waals surface area contributed by atoms with E-state index in [4.69, 9.17) is 14.5 Å². The number of halogens is 1. The summed E-state index contributed by atoms with van der Waals surface area (Å²) in [7, 11) is 3.20. The highest BCUT2D eigenvalue weighted by atomic mass is 79.9. The van der Waals surface area contributed by atoms with Gasteiger partial charge in [-0.05, 0) is 69.2 Å². The minimum atomic E-state index is -0.176. The molecule has 0 spiro atoms. The number of hydrogen-bond acceptors (Lipinski definition) is 5. The highest BCUT2D eigenvalue weighted by Crippen LogP contribution is 2.41. The Balaban J connectivity index is 1.59. The van der Waals surface area contributed by atoms with Crippen molar-refractivity contribution >= 4 is 39.0 Å². The summed E-state index contributed by atoms with van der Waals surface area (Å²) in [4.78, 5) is 19.7. The quantitative estimate of drug-likeness (QED) is 0.350. The van der Waals surface area contributed by atoms with Crippen LogP contribution in [-0.2, 0) is 6.42 Å². The van der Waals surface area contributed by atoms with Gasteiger partial charge in [0, 0.05) is 5.56 Å². The number of aromatic nitrogens is 1. The van der Waals surface area contributed by atoms with Crippen LogP contribution in [0.15, 0.2) is 86.6 Å². The average molecular weight is 559 g/mol. The number of fused-ring (bicyclic) bond motifs is 3. The van der Waals surface area contributed by atoms with Gasteiger partial charge in [0.15, 0.2) is 16.3 Å². The molecular formula is C29H23BrN2O3S. The summed E-state index contributed by atoms with van der Waals surface area (Å²) >= 11 is 4.98. The fourth-order valence-electron chi connectivity index (χ4n) is 5.13. The first-order chi connectivity index (χ1) is 17.6. The lowest BCUT2D eigenvalue weighted by Crippen LogP contribution is -2.38. The summed E-state index contributed by atoms with van der Waals surface area (Å²) in [5, 5.41) is 0. The maximum atomic E-state index is 13.9. The topological polar surface area (TPSA) is 52.8 Å². The fourth-order valence-corrected chi connectivity index (χ4v) is 6.75. The molecule has 1 atom stereocenters. The maximum Gasteiger partial charge on any atom is 0.271 e. The molecule has 0 saturated heterocycles. The summed E-state index contributed by atoms with van der Waals surface area (Å²) < 4.78 is 14.2. The van der Waals surface area contributed by atoms with Crippen LogP contribution in [0.3, 0.4) is 0 Å². The predicted molar refractivity (Wildman–Crippen MR) is 146 cm³/mol. The molecule has 0 saturated carbocycles. The maximum absolute atomic E-state index is 13.9. The Kier molecular flexibility index (Phi) is 5.90. The second-order valence-corrected chi connectivity index (χ2v) is 10.6. The molecule has 0 bridgehead atoms. The third kappa shape index (κ3) is 3.74. The first kappa shape index (κ1) is 23.0. The van der Waals surface area contributed by atoms with E-state index in [-0.39, 0.29) is 11.6 Å². The molecule has 3 aromatic carbocycles. The number of ether oxygens (including phenoxy) is 2. The van der Waals surface area contributed by atoms with Crippen LogP contribution >= 0.6 is 27.3 Å². The molecule has 1 aromatic heterocycles. The molecule has 6 rings (SSSR count). The molecular weight excluding hydrogens is 536 g/mol. The van der Waals surface area contributed by atoms with E-state index < -0.39 is 0 Å². The van der Waals surface area contributed by atoms with Gasteiger partial charge in [-0.15, -0.1) is 0 Å². The molecule has 0 N–H and O–H groups in total. The van der Waals surface area contributed by atoms with Crippen molar-refractivity contribution in [2.45, 2.75) is 18.9 Å². The Morgan fingerprint density at radius 2 is 1.81 bits per heavy atom. The van der Waals surface area contributed by atoms with E-state index in [2.05, 4.69) is 52.3 Å². The van der Waals surface area contributed by atoms with E-state index in [0.717, 1.165) is 38.9 Å². The number of methoxy groups -OCH3 is 2. The number of benzene rings is 3. The first-order valence-electron chi connectivity index (χ1n) is 11.7. The van der Waals surface area contributed by atoms with Crippen molar-refractivity contribution in [3.8, 4) is 11.5 Å². The fraction of sp³-hybridized carbons (Fsp3) is 0.172. The van der Waals surface area contributed by atoms with Crippen molar-refractivity contribution in [1.82, 2.24) is 4.57 Å². The molecule has 1 aliphatic heterocycles. The normalized spacial score (nSPS) is 16.6. The third-order valence-corrected chi connectivity index (χ3v) is 8.31. The van der Waals surface area contributed by atoms with Gasteiger partial charge < -0.3 is 9.47 Å². The number of aryl methyl sites for hydroxylation is 1. The van der Waals surface area contributed by atoms with Crippen LogP contribution in [0.25, 0.3) is 11.8 Å². The summed E-state index contributed by atoms with van der Waals surface area (Å²) in [6.07, 6.45) is 3.72. The number of hydrogen-bond donors (Lipinski definition) is 0. The average Bonchev–Trinajstić information content (AvgIpc) is 3.21. The van der Waals surface area contributed by atoms with Crippen molar-refractivity contribution in [2.75, 3.05) is 14.2 Å². The lowest BCUT2D eigenvalue weighted by Gasteiger charge is -2.30. The van der Waals surface area contributed by atoms with Crippen molar-refractivity contribution in [3.63, 3.8) is 0 Å². The second kappa shape index (κ2) is 9.22. The molecule has 2 aliphatic rings. The largest absolute Gasteiger partial charge is 0.493 e. The molecule has 7 heteroatoms. The molecule has 36 heavy (non-hydrogen) atoms.